The third kappa shape index (κ3) is 3.12. The van der Waals surface area contributed by atoms with E-state index in [0.29, 0.717) is 0 Å². The molecule has 0 fully saturated rings. The molecule has 3 heteroatoms. The number of rotatable bonds is 3. The Kier molecular flexibility index (Phi) is 3.95. The maximum atomic E-state index is 9.38. The van der Waals surface area contributed by atoms with E-state index in [9.17, 15) is 5.11 Å². The van der Waals surface area contributed by atoms with Crippen molar-refractivity contribution in [1.29, 1.82) is 0 Å². The van der Waals surface area contributed by atoms with E-state index in [2.05, 4.69) is 50.5 Å². The summed E-state index contributed by atoms with van der Waals surface area (Å²) in [6.07, 6.45) is 0. The minimum absolute atomic E-state index is 0.133. The van der Waals surface area contributed by atoms with E-state index in [-0.39, 0.29) is 6.61 Å². The van der Waals surface area contributed by atoms with Crippen LogP contribution in [0.3, 0.4) is 0 Å². The molecule has 0 spiro atoms. The van der Waals surface area contributed by atoms with E-state index in [1.165, 1.54) is 14.0 Å². The maximum absolute atomic E-state index is 9.38. The molecule has 1 heterocycles. The quantitative estimate of drug-likeness (QED) is 0.839. The summed E-state index contributed by atoms with van der Waals surface area (Å²) in [6.45, 7) is 0.133. The molecule has 2 rings (SSSR count). The fourth-order valence-electron chi connectivity index (χ4n) is 1.80. The van der Waals surface area contributed by atoms with Gasteiger partial charge in [0.05, 0.1) is 0 Å². The van der Waals surface area contributed by atoms with E-state index in [1.807, 2.05) is 0 Å². The second-order valence-corrected chi connectivity index (χ2v) is 20.7. The Bertz CT molecular complexity index is 497. The van der Waals surface area contributed by atoms with Gasteiger partial charge in [-0.05, 0) is 0 Å². The average molecular weight is 353 g/mol. The van der Waals surface area contributed by atoms with Crippen LogP contribution in [-0.4, -0.2) is 23.5 Å². The molecule has 90 valence electrons. The number of benzene rings is 1. The monoisotopic (exact) mass is 354 g/mol. The van der Waals surface area contributed by atoms with E-state index in [0.717, 1.165) is 5.56 Å². The molecule has 0 amide bonds. The van der Waals surface area contributed by atoms with Crippen molar-refractivity contribution >= 4 is 33.3 Å². The fraction of sp³-hybridized carbons (Fsp3) is 0.286. The zero-order valence-electron chi connectivity index (χ0n) is 10.5. The number of aliphatic hydroxyl groups is 1. The summed E-state index contributed by atoms with van der Waals surface area (Å²) in [6, 6.07) is 10.8. The zero-order valence-corrected chi connectivity index (χ0v) is 14.2. The van der Waals surface area contributed by atoms with Crippen LogP contribution in [-0.2, 0) is 6.61 Å². The van der Waals surface area contributed by atoms with Gasteiger partial charge in [-0.3, -0.25) is 0 Å². The van der Waals surface area contributed by atoms with Crippen LogP contribution in [0.4, 0.5) is 0 Å². The molecule has 0 radical (unpaired) electrons. The van der Waals surface area contributed by atoms with Crippen LogP contribution in [0.25, 0.3) is 10.4 Å². The molecule has 0 aliphatic rings. The molecular formula is C14H18OSSn. The Morgan fingerprint density at radius 1 is 1.18 bits per heavy atom. The number of hydrogen-bond acceptors (Lipinski definition) is 2. The SMILES string of the molecule is [CH3][Sn]([CH3])([CH3])[c]1cc(CO)cc(-c2cccs2)c1. The van der Waals surface area contributed by atoms with Crippen molar-refractivity contribution in [3.8, 4) is 10.4 Å². The molecule has 1 aromatic heterocycles. The molecule has 2 aromatic rings. The molecule has 17 heavy (non-hydrogen) atoms. The minimum atomic E-state index is -2.07. The van der Waals surface area contributed by atoms with Crippen molar-refractivity contribution < 1.29 is 5.11 Å². The molecule has 1 nitrogen and oxygen atoms in total. The summed E-state index contributed by atoms with van der Waals surface area (Å²) in [5.74, 6) is 0. The van der Waals surface area contributed by atoms with Crippen molar-refractivity contribution in [3.63, 3.8) is 0 Å². The van der Waals surface area contributed by atoms with Gasteiger partial charge in [0, 0.05) is 0 Å². The second kappa shape index (κ2) is 5.12. The van der Waals surface area contributed by atoms with Crippen LogP contribution in [0, 0.1) is 0 Å². The summed E-state index contributed by atoms with van der Waals surface area (Å²) >= 11 is -0.312. The third-order valence-electron chi connectivity index (χ3n) is 2.85. The van der Waals surface area contributed by atoms with Crippen LogP contribution in [0.5, 0.6) is 0 Å². The number of hydrogen-bond donors (Lipinski definition) is 1. The standard InChI is InChI=1S/C11H9OS.3CH3.Sn/c12-8-9-3-1-4-10(7-9)11-5-2-6-13-11;;;;/h2-7,12H,8H2;3*1H3;. The Morgan fingerprint density at radius 3 is 2.47 bits per heavy atom. The van der Waals surface area contributed by atoms with E-state index >= 15 is 0 Å². The Morgan fingerprint density at radius 2 is 1.94 bits per heavy atom. The first-order valence-electron chi connectivity index (χ1n) is 5.80. The van der Waals surface area contributed by atoms with Gasteiger partial charge < -0.3 is 0 Å². The summed E-state index contributed by atoms with van der Waals surface area (Å²) in [5.41, 5.74) is 2.30. The van der Waals surface area contributed by atoms with Gasteiger partial charge in [0.1, 0.15) is 0 Å². The van der Waals surface area contributed by atoms with Gasteiger partial charge in [-0.25, -0.2) is 0 Å². The van der Waals surface area contributed by atoms with Gasteiger partial charge in [-0.15, -0.1) is 0 Å². The molecule has 0 atom stereocenters. The van der Waals surface area contributed by atoms with Gasteiger partial charge >= 0.3 is 112 Å². The molecule has 0 saturated carbocycles. The zero-order chi connectivity index (χ0) is 12.5. The average Bonchev–Trinajstić information content (AvgIpc) is 2.80. The first-order valence-corrected chi connectivity index (χ1v) is 16.7. The van der Waals surface area contributed by atoms with Crippen molar-refractivity contribution in [2.24, 2.45) is 0 Å². The first-order chi connectivity index (χ1) is 8.00. The summed E-state index contributed by atoms with van der Waals surface area (Å²) in [5, 5.41) is 11.5. The molecule has 0 bridgehead atoms. The Hall–Kier alpha value is -0.321. The van der Waals surface area contributed by atoms with Crippen LogP contribution in [0.15, 0.2) is 35.7 Å². The van der Waals surface area contributed by atoms with E-state index in [4.69, 9.17) is 0 Å². The third-order valence-corrected chi connectivity index (χ3v) is 9.53. The fourth-order valence-corrected chi connectivity index (χ4v) is 5.96. The van der Waals surface area contributed by atoms with Crippen molar-refractivity contribution in [2.45, 2.75) is 21.4 Å². The summed E-state index contributed by atoms with van der Waals surface area (Å²) in [4.78, 5) is 8.51. The van der Waals surface area contributed by atoms with Crippen LogP contribution >= 0.6 is 11.3 Å². The Balaban J connectivity index is 2.54. The van der Waals surface area contributed by atoms with Gasteiger partial charge in [-0.2, -0.15) is 0 Å². The molecule has 0 aliphatic heterocycles. The molecule has 0 aliphatic carbocycles. The van der Waals surface area contributed by atoms with Crippen molar-refractivity contribution in [1.82, 2.24) is 0 Å². The van der Waals surface area contributed by atoms with Crippen LogP contribution in [0.2, 0.25) is 14.8 Å². The molecule has 0 unspecified atom stereocenters. The second-order valence-electron chi connectivity index (χ2n) is 5.30. The van der Waals surface area contributed by atoms with E-state index in [1.54, 1.807) is 11.3 Å². The van der Waals surface area contributed by atoms with Gasteiger partial charge in [0.15, 0.2) is 0 Å². The van der Waals surface area contributed by atoms with Crippen LogP contribution in [0.1, 0.15) is 5.56 Å². The summed E-state index contributed by atoms with van der Waals surface area (Å²) < 4.78 is 1.48. The molecular weight excluding hydrogens is 335 g/mol. The normalized spacial score (nSPS) is 11.8. The van der Waals surface area contributed by atoms with Gasteiger partial charge in [-0.1, -0.05) is 0 Å². The predicted octanol–water partition coefficient (Wildman–Crippen LogP) is 3.45. The van der Waals surface area contributed by atoms with Crippen molar-refractivity contribution in [2.75, 3.05) is 0 Å². The van der Waals surface area contributed by atoms with Gasteiger partial charge in [0.25, 0.3) is 0 Å². The topological polar surface area (TPSA) is 20.2 Å². The first kappa shape index (κ1) is 13.1. The number of thiophene rings is 1. The van der Waals surface area contributed by atoms with Crippen molar-refractivity contribution in [3.05, 3.63) is 41.3 Å². The molecule has 1 N–H and O–H groups in total. The predicted molar refractivity (Wildman–Crippen MR) is 78.7 cm³/mol. The van der Waals surface area contributed by atoms with E-state index < -0.39 is 18.4 Å². The molecule has 0 saturated heterocycles. The Labute approximate surface area is 111 Å². The molecule has 1 aromatic carbocycles. The summed E-state index contributed by atoms with van der Waals surface area (Å²) in [7, 11) is 0. The van der Waals surface area contributed by atoms with Crippen LogP contribution < -0.4 is 3.58 Å². The van der Waals surface area contributed by atoms with Gasteiger partial charge in [0.2, 0.25) is 0 Å². The number of aliphatic hydroxyl groups excluding tert-OH is 1.